The van der Waals surface area contributed by atoms with Gasteiger partial charge in [-0.15, -0.1) is 0 Å². The van der Waals surface area contributed by atoms with Crippen LogP contribution in [-0.4, -0.2) is 35.3 Å². The number of carbonyl (C=O) groups excluding carboxylic acids is 2. The summed E-state index contributed by atoms with van der Waals surface area (Å²) in [4.78, 5) is 25.9. The second kappa shape index (κ2) is 3.68. The molecule has 0 N–H and O–H groups in total. The molecule has 2 aliphatic rings. The van der Waals surface area contributed by atoms with Gasteiger partial charge in [-0.05, 0) is 18.3 Å². The van der Waals surface area contributed by atoms with Crippen molar-refractivity contribution in [2.75, 3.05) is 13.2 Å². The summed E-state index contributed by atoms with van der Waals surface area (Å²) in [6.45, 7) is 1.21. The fourth-order valence-electron chi connectivity index (χ4n) is 2.34. The van der Waals surface area contributed by atoms with Crippen LogP contribution in [0.15, 0.2) is 0 Å². The van der Waals surface area contributed by atoms with Crippen LogP contribution in [0.2, 0.25) is 0 Å². The van der Waals surface area contributed by atoms with Crippen molar-refractivity contribution in [2.24, 2.45) is 5.41 Å². The van der Waals surface area contributed by atoms with Crippen LogP contribution in [0, 0.1) is 5.41 Å². The molecular weight excluding hydrogens is 196 g/mol. The van der Waals surface area contributed by atoms with E-state index < -0.39 is 0 Å². The van der Waals surface area contributed by atoms with Gasteiger partial charge in [0, 0.05) is 26.1 Å². The second-order valence-electron chi connectivity index (χ2n) is 4.26. The molecular formula is C10H12N2O3. The lowest BCUT2D eigenvalue weighted by molar-refractivity contribution is -0.133. The van der Waals surface area contributed by atoms with Crippen molar-refractivity contribution in [3.63, 3.8) is 0 Å². The Balaban J connectivity index is 2.23. The number of nitrogens with zero attached hydrogens (tertiary/aromatic N) is 2. The number of rotatable bonds is 0. The van der Waals surface area contributed by atoms with Gasteiger partial charge in [-0.1, -0.05) is 0 Å². The van der Waals surface area contributed by atoms with Crippen molar-refractivity contribution < 1.29 is 19.1 Å². The van der Waals surface area contributed by atoms with E-state index in [1.807, 2.05) is 0 Å². The van der Waals surface area contributed by atoms with Gasteiger partial charge in [0.25, 0.3) is 0 Å². The SMILES string of the molecule is [N-]=[N+]=C1C(=O)CC2(CCOCC2)CC1=O. The Labute approximate surface area is 87.0 Å². The molecule has 0 aromatic rings. The van der Waals surface area contributed by atoms with Crippen LogP contribution in [-0.2, 0) is 14.3 Å². The van der Waals surface area contributed by atoms with Gasteiger partial charge in [0.1, 0.15) is 0 Å². The Bertz CT molecular complexity index is 341. The highest BCUT2D eigenvalue weighted by atomic mass is 16.5. The maximum atomic E-state index is 11.6. The summed E-state index contributed by atoms with van der Waals surface area (Å²) in [5, 5.41) is 0. The van der Waals surface area contributed by atoms with Crippen molar-refractivity contribution in [2.45, 2.75) is 25.7 Å². The first-order valence-electron chi connectivity index (χ1n) is 5.03. The molecule has 5 nitrogen and oxygen atoms in total. The van der Waals surface area contributed by atoms with Crippen molar-refractivity contribution in [1.82, 2.24) is 0 Å². The summed E-state index contributed by atoms with van der Waals surface area (Å²) >= 11 is 0. The number of Topliss-reactive ketones (excluding diaryl/α,β-unsaturated/α-hetero) is 2. The molecule has 1 aliphatic heterocycles. The van der Waals surface area contributed by atoms with Crippen molar-refractivity contribution in [3.05, 3.63) is 5.53 Å². The molecule has 5 heteroatoms. The Morgan fingerprint density at radius 2 is 1.67 bits per heavy atom. The molecule has 0 bridgehead atoms. The van der Waals surface area contributed by atoms with Crippen molar-refractivity contribution in [1.29, 1.82) is 0 Å². The molecule has 2 fully saturated rings. The van der Waals surface area contributed by atoms with Crippen LogP contribution in [0.1, 0.15) is 25.7 Å². The minimum absolute atomic E-state index is 0.236. The summed E-state index contributed by atoms with van der Waals surface area (Å²) in [5.74, 6) is -0.675. The molecule has 0 aromatic carbocycles. The lowest BCUT2D eigenvalue weighted by Gasteiger charge is -2.37. The average molecular weight is 208 g/mol. The minimum Gasteiger partial charge on any atom is -0.381 e. The van der Waals surface area contributed by atoms with E-state index in [0.717, 1.165) is 12.8 Å². The molecule has 0 radical (unpaired) electrons. The van der Waals surface area contributed by atoms with E-state index in [9.17, 15) is 9.59 Å². The number of hydrogen-bond acceptors (Lipinski definition) is 3. The molecule has 15 heavy (non-hydrogen) atoms. The Hall–Kier alpha value is -1.32. The zero-order valence-electron chi connectivity index (χ0n) is 8.36. The van der Waals surface area contributed by atoms with E-state index >= 15 is 0 Å². The molecule has 0 amide bonds. The lowest BCUT2D eigenvalue weighted by Crippen LogP contribution is -2.44. The summed E-state index contributed by atoms with van der Waals surface area (Å²) in [6, 6.07) is 0. The van der Waals surface area contributed by atoms with Gasteiger partial charge >= 0.3 is 5.71 Å². The summed E-state index contributed by atoms with van der Waals surface area (Å²) < 4.78 is 5.22. The molecule has 0 unspecified atom stereocenters. The largest absolute Gasteiger partial charge is 0.400 e. The van der Waals surface area contributed by atoms with Gasteiger partial charge in [0.15, 0.2) is 0 Å². The fraction of sp³-hybridized carbons (Fsp3) is 0.700. The molecule has 0 atom stereocenters. The summed E-state index contributed by atoms with van der Waals surface area (Å²) in [7, 11) is 0. The van der Waals surface area contributed by atoms with Gasteiger partial charge in [0.2, 0.25) is 11.6 Å². The average Bonchev–Trinajstić information content (AvgIpc) is 2.18. The second-order valence-corrected chi connectivity index (χ2v) is 4.26. The topological polar surface area (TPSA) is 79.8 Å². The quantitative estimate of drug-likeness (QED) is 0.426. The van der Waals surface area contributed by atoms with Gasteiger partial charge < -0.3 is 10.3 Å². The fourth-order valence-corrected chi connectivity index (χ4v) is 2.34. The van der Waals surface area contributed by atoms with Gasteiger partial charge in [-0.3, -0.25) is 9.59 Å². The van der Waals surface area contributed by atoms with Gasteiger partial charge in [-0.25, -0.2) is 0 Å². The molecule has 0 aromatic heterocycles. The zero-order chi connectivity index (χ0) is 10.9. The van der Waals surface area contributed by atoms with E-state index in [1.165, 1.54) is 0 Å². The standard InChI is InChI=1S/C10H12N2O3/c11-12-9-7(13)5-10(6-8(9)14)1-3-15-4-2-10/h1-6H2. The highest BCUT2D eigenvalue weighted by Gasteiger charge is 2.47. The van der Waals surface area contributed by atoms with E-state index in [0.29, 0.717) is 26.1 Å². The lowest BCUT2D eigenvalue weighted by atomic mass is 9.68. The summed E-state index contributed by atoms with van der Waals surface area (Å²) in [6.07, 6.45) is 2.09. The van der Waals surface area contributed by atoms with Gasteiger partial charge in [0.05, 0.1) is 0 Å². The zero-order valence-corrected chi connectivity index (χ0v) is 8.36. The summed E-state index contributed by atoms with van der Waals surface area (Å²) in [5.41, 5.74) is 8.02. The van der Waals surface area contributed by atoms with E-state index in [-0.39, 0.29) is 22.7 Å². The third kappa shape index (κ3) is 1.76. The van der Waals surface area contributed by atoms with E-state index in [4.69, 9.17) is 10.3 Å². The van der Waals surface area contributed by atoms with Crippen LogP contribution in [0.4, 0.5) is 0 Å². The molecule has 80 valence electrons. The maximum Gasteiger partial charge on any atom is 0.400 e. The molecule has 1 spiro atoms. The molecule has 2 rings (SSSR count). The highest BCUT2D eigenvalue weighted by Crippen LogP contribution is 2.40. The Morgan fingerprint density at radius 1 is 1.13 bits per heavy atom. The highest BCUT2D eigenvalue weighted by molar-refractivity contribution is 6.65. The number of ether oxygens (including phenoxy) is 1. The monoisotopic (exact) mass is 208 g/mol. The normalized spacial score (nSPS) is 25.5. The van der Waals surface area contributed by atoms with Crippen LogP contribution in [0.3, 0.4) is 0 Å². The third-order valence-corrected chi connectivity index (χ3v) is 3.25. The van der Waals surface area contributed by atoms with Gasteiger partial charge in [-0.2, -0.15) is 4.79 Å². The van der Waals surface area contributed by atoms with Crippen molar-refractivity contribution >= 4 is 17.3 Å². The first kappa shape index (κ1) is 10.2. The first-order valence-corrected chi connectivity index (χ1v) is 5.03. The Morgan fingerprint density at radius 3 is 2.13 bits per heavy atom. The first-order chi connectivity index (χ1) is 7.17. The van der Waals surface area contributed by atoms with E-state index in [2.05, 4.69) is 4.79 Å². The van der Waals surface area contributed by atoms with E-state index in [1.54, 1.807) is 0 Å². The predicted octanol–water partition coefficient (Wildman–Crippen LogP) is 0.386. The third-order valence-electron chi connectivity index (χ3n) is 3.25. The smallest absolute Gasteiger partial charge is 0.381 e. The predicted molar refractivity (Wildman–Crippen MR) is 50.4 cm³/mol. The van der Waals surface area contributed by atoms with Crippen LogP contribution < -0.4 is 0 Å². The molecule has 1 saturated heterocycles. The van der Waals surface area contributed by atoms with Crippen LogP contribution in [0.5, 0.6) is 0 Å². The van der Waals surface area contributed by atoms with Crippen LogP contribution in [0.25, 0.3) is 5.53 Å². The molecule has 1 aliphatic carbocycles. The maximum absolute atomic E-state index is 11.6. The Kier molecular flexibility index (Phi) is 2.50. The number of carbonyl (C=O) groups is 2. The van der Waals surface area contributed by atoms with Crippen molar-refractivity contribution in [3.8, 4) is 0 Å². The molecule has 1 saturated carbocycles. The number of hydrogen-bond donors (Lipinski definition) is 0. The number of ketones is 2. The minimum atomic E-state index is -0.337. The van der Waals surface area contributed by atoms with Crippen LogP contribution >= 0.6 is 0 Å². The molecule has 1 heterocycles.